The van der Waals surface area contributed by atoms with Crippen molar-refractivity contribution in [2.75, 3.05) is 0 Å². The van der Waals surface area contributed by atoms with Crippen LogP contribution in [0.4, 0.5) is 0 Å². The normalized spacial score (nSPS) is 41.6. The third-order valence-corrected chi connectivity index (χ3v) is 42.3. The Bertz CT molecular complexity index is 15.2. The quantitative estimate of drug-likeness (QED) is 0.294. The maximum atomic E-state index is 2.76. The van der Waals surface area contributed by atoms with Gasteiger partial charge in [0.1, 0.15) is 0 Å². The molecule has 0 nitrogen and oxygen atoms in total. The minimum atomic E-state index is 0.681. The molecule has 0 aromatic carbocycles. The second-order valence-corrected chi connectivity index (χ2v) is 26.9. The van der Waals surface area contributed by atoms with Gasteiger partial charge in [-0.15, -0.1) is 0 Å². The lowest BCUT2D eigenvalue weighted by Crippen LogP contribution is -2.00. The van der Waals surface area contributed by atoms with E-state index >= 15 is 0 Å². The summed E-state index contributed by atoms with van der Waals surface area (Å²) >= 11 is 0. The van der Waals surface area contributed by atoms with Gasteiger partial charge in [-0.2, -0.15) is 0 Å². The van der Waals surface area contributed by atoms with Crippen LogP contribution in [-0.4, -0.2) is 41.4 Å². The molecule has 1 fully saturated rings. The smallest absolute Gasteiger partial charge is 0.0308 e. The zero-order chi connectivity index (χ0) is 3.54. The van der Waals surface area contributed by atoms with Gasteiger partial charge in [0.15, 0.2) is 0 Å². The van der Waals surface area contributed by atoms with E-state index < -0.39 is 0 Å². The maximum absolute atomic E-state index is 2.76. The molecular formula is H8BSi4. The summed E-state index contributed by atoms with van der Waals surface area (Å²) in [6.45, 7) is 2.76. The molecular weight excluding hydrogens is 123 g/mol. The molecule has 27 valence electrons. The van der Waals surface area contributed by atoms with E-state index in [0.29, 0.717) is 17.8 Å². The molecule has 0 aliphatic carbocycles. The highest BCUT2D eigenvalue weighted by atomic mass is 29.7. The van der Waals surface area contributed by atoms with Crippen LogP contribution in [0.25, 0.3) is 0 Å². The third kappa shape index (κ3) is 1.21. The Kier molecular flexibility index (Phi) is 1.78. The fourth-order valence-electron chi connectivity index (χ4n) is 0.722. The zero-order valence-electron chi connectivity index (χ0n) is 3.41. The molecule has 1 aliphatic rings. The number of hydrogen-bond acceptors (Lipinski definition) is 0. The van der Waals surface area contributed by atoms with E-state index in [-0.39, 0.29) is 0 Å². The summed E-state index contributed by atoms with van der Waals surface area (Å²) in [7, 11) is 3.02. The van der Waals surface area contributed by atoms with E-state index in [1.807, 2.05) is 0 Å². The Morgan fingerprint density at radius 2 is 1.60 bits per heavy atom. The lowest BCUT2D eigenvalue weighted by atomic mass is 10.7. The van der Waals surface area contributed by atoms with Crippen LogP contribution in [0.15, 0.2) is 0 Å². The van der Waals surface area contributed by atoms with E-state index in [0.717, 1.165) is 17.1 Å². The van der Waals surface area contributed by atoms with E-state index in [9.17, 15) is 0 Å². The van der Waals surface area contributed by atoms with Gasteiger partial charge in [0.2, 0.25) is 0 Å². The molecule has 0 unspecified atom stereocenters. The second-order valence-electron chi connectivity index (χ2n) is 1.57. The minimum absolute atomic E-state index is 0.681. The van der Waals surface area contributed by atoms with Gasteiger partial charge < -0.3 is 0 Å². The molecule has 5 heavy (non-hydrogen) atoms. The molecule has 0 N–H and O–H groups in total. The zero-order valence-corrected chi connectivity index (χ0v) is 9.06. The Morgan fingerprint density at radius 1 is 1.00 bits per heavy atom. The molecule has 0 aromatic rings. The van der Waals surface area contributed by atoms with Gasteiger partial charge >= 0.3 is 0 Å². The average molecular weight is 131 g/mol. The van der Waals surface area contributed by atoms with Crippen molar-refractivity contribution in [2.45, 2.75) is 0 Å². The molecule has 1 heterocycles. The first-order valence-corrected chi connectivity index (χ1v) is 15.9. The highest BCUT2D eigenvalue weighted by molar-refractivity contribution is 7.76. The lowest BCUT2D eigenvalue weighted by Gasteiger charge is -1.64. The van der Waals surface area contributed by atoms with E-state index in [1.54, 1.807) is 0 Å². The molecule has 0 aromatic heterocycles. The van der Waals surface area contributed by atoms with Gasteiger partial charge in [-0.1, -0.05) is 0 Å². The van der Waals surface area contributed by atoms with Crippen LogP contribution in [0.5, 0.6) is 0 Å². The lowest BCUT2D eigenvalue weighted by molar-refractivity contribution is 4.14. The largest absolute Gasteiger partial charge is 0.0745 e. The van der Waals surface area contributed by atoms with Crippen molar-refractivity contribution in [3.8, 4) is 0 Å². The highest BCUT2D eigenvalue weighted by Crippen LogP contribution is 1.62. The van der Waals surface area contributed by atoms with E-state index in [1.165, 1.54) is 0 Å². The van der Waals surface area contributed by atoms with E-state index in [4.69, 9.17) is 0 Å². The van der Waals surface area contributed by atoms with Gasteiger partial charge in [-0.3, -0.25) is 0 Å². The first-order valence-electron chi connectivity index (χ1n) is 2.32. The molecule has 0 spiro atoms. The van der Waals surface area contributed by atoms with Crippen LogP contribution in [0.2, 0.25) is 0 Å². The van der Waals surface area contributed by atoms with Crippen molar-refractivity contribution < 1.29 is 0 Å². The standard InChI is InChI=1S/BH8Si4/c1-2-4-5-3-1/h2-5H2. The Labute approximate surface area is 41.9 Å². The Hall–Kier alpha value is 0.932. The summed E-state index contributed by atoms with van der Waals surface area (Å²) in [5.41, 5.74) is 0. The molecule has 0 atom stereocenters. The molecule has 1 saturated heterocycles. The maximum Gasteiger partial charge on any atom is 0.0745 e. The topological polar surface area (TPSA) is 0 Å². The molecule has 1 rings (SSSR count). The summed E-state index contributed by atoms with van der Waals surface area (Å²) in [5, 5.41) is 0. The van der Waals surface area contributed by atoms with E-state index in [2.05, 4.69) is 6.46 Å². The third-order valence-electron chi connectivity index (χ3n) is 1.07. The monoisotopic (exact) mass is 131 g/mol. The van der Waals surface area contributed by atoms with Gasteiger partial charge in [0.05, 0.1) is 6.46 Å². The number of rotatable bonds is 0. The fourth-order valence-corrected chi connectivity index (χ4v) is 58.5. The highest BCUT2D eigenvalue weighted by Gasteiger charge is 2.00. The van der Waals surface area contributed by atoms with Crippen molar-refractivity contribution >= 4 is 41.4 Å². The van der Waals surface area contributed by atoms with Crippen LogP contribution in [-0.2, 0) is 0 Å². The number of hydrogen-bond donors (Lipinski definition) is 0. The first-order chi connectivity index (χ1) is 2.50. The first kappa shape index (κ1) is 4.10. The molecule has 5 heteroatoms. The average Bonchev–Trinajstić information content (AvgIpc) is 1.76. The fraction of sp³-hybridized carbons (Fsp3) is 0. The Balaban J connectivity index is 2.08. The molecule has 1 radical (unpaired) electrons. The minimum Gasteiger partial charge on any atom is -0.0308 e. The molecule has 1 aliphatic heterocycles. The van der Waals surface area contributed by atoms with Crippen molar-refractivity contribution in [3.05, 3.63) is 0 Å². The summed E-state index contributed by atoms with van der Waals surface area (Å²) in [5.74, 6) is 0. The predicted octanol–water partition coefficient (Wildman–Crippen LogP) is -4.05. The van der Waals surface area contributed by atoms with Crippen molar-refractivity contribution in [3.63, 3.8) is 0 Å². The summed E-state index contributed by atoms with van der Waals surface area (Å²) in [6, 6.07) is 0. The summed E-state index contributed by atoms with van der Waals surface area (Å²) in [6.07, 6.45) is 0. The Morgan fingerprint density at radius 3 is 1.80 bits per heavy atom. The predicted molar refractivity (Wildman–Crippen MR) is 39.9 cm³/mol. The van der Waals surface area contributed by atoms with Crippen molar-refractivity contribution in [1.29, 1.82) is 0 Å². The van der Waals surface area contributed by atoms with Crippen LogP contribution in [0.1, 0.15) is 0 Å². The van der Waals surface area contributed by atoms with Crippen molar-refractivity contribution in [2.24, 2.45) is 0 Å². The van der Waals surface area contributed by atoms with Crippen LogP contribution < -0.4 is 0 Å². The van der Waals surface area contributed by atoms with Gasteiger partial charge in [0.25, 0.3) is 0 Å². The van der Waals surface area contributed by atoms with Crippen LogP contribution in [0.3, 0.4) is 0 Å². The summed E-state index contributed by atoms with van der Waals surface area (Å²) in [4.78, 5) is 0. The molecule has 0 amide bonds. The summed E-state index contributed by atoms with van der Waals surface area (Å²) < 4.78 is 0. The molecule has 0 saturated carbocycles. The van der Waals surface area contributed by atoms with Crippen molar-refractivity contribution in [1.82, 2.24) is 0 Å². The van der Waals surface area contributed by atoms with Crippen LogP contribution >= 0.6 is 0 Å². The second kappa shape index (κ2) is 2.17. The van der Waals surface area contributed by atoms with Gasteiger partial charge in [-0.05, 0) is 34.9 Å². The van der Waals surface area contributed by atoms with Gasteiger partial charge in [0, 0.05) is 0 Å². The SMILES string of the molecule is [B]1[SiH2][SiH2][SiH2][SiH2]1. The molecule has 0 bridgehead atoms. The van der Waals surface area contributed by atoms with Gasteiger partial charge in [-0.25, -0.2) is 0 Å². The van der Waals surface area contributed by atoms with Crippen LogP contribution in [0, 0.1) is 0 Å².